The summed E-state index contributed by atoms with van der Waals surface area (Å²) in [6.07, 6.45) is -0.0235. The van der Waals surface area contributed by atoms with Crippen molar-refractivity contribution in [3.05, 3.63) is 44.9 Å². The van der Waals surface area contributed by atoms with E-state index in [-0.39, 0.29) is 55.2 Å². The number of hydrogen-bond donors (Lipinski definition) is 2. The van der Waals surface area contributed by atoms with Gasteiger partial charge in [-0.3, -0.25) is 19.2 Å². The van der Waals surface area contributed by atoms with E-state index in [1.54, 1.807) is 38.3 Å². The number of ketones is 2. The molecule has 2 N–H and O–H groups in total. The van der Waals surface area contributed by atoms with E-state index in [0.29, 0.717) is 16.3 Å². The number of aromatic nitrogens is 1. The summed E-state index contributed by atoms with van der Waals surface area (Å²) >= 11 is 1.32. The molecule has 172 valence electrons. The molecular weight excluding hydrogens is 436 g/mol. The van der Waals surface area contributed by atoms with Crippen LogP contribution in [0.5, 0.6) is 0 Å². The summed E-state index contributed by atoms with van der Waals surface area (Å²) in [5.41, 5.74) is 1.25. The number of hydrogen-bond acceptors (Lipinski definition) is 8. The Morgan fingerprint density at radius 3 is 2.34 bits per heavy atom. The first kappa shape index (κ1) is 25.0. The maximum atomic E-state index is 12.5. The van der Waals surface area contributed by atoms with Gasteiger partial charge < -0.3 is 19.8 Å². The lowest BCUT2D eigenvalue weighted by Gasteiger charge is -2.08. The van der Waals surface area contributed by atoms with Crippen LogP contribution in [0.25, 0.3) is 0 Å². The zero-order valence-corrected chi connectivity index (χ0v) is 19.1. The lowest BCUT2D eigenvalue weighted by atomic mass is 10.1. The second-order valence-corrected chi connectivity index (χ2v) is 7.88. The summed E-state index contributed by atoms with van der Waals surface area (Å²) in [5, 5.41) is 4.34. The van der Waals surface area contributed by atoms with Crippen LogP contribution in [0.15, 0.2) is 17.5 Å². The molecule has 0 spiro atoms. The number of carbonyl (C=O) groups excluding carboxylic acids is 5. The van der Waals surface area contributed by atoms with Crippen LogP contribution in [0.1, 0.15) is 68.0 Å². The maximum Gasteiger partial charge on any atom is 0.340 e. The number of aromatic amines is 1. The Hall–Kier alpha value is -3.27. The van der Waals surface area contributed by atoms with E-state index in [1.165, 1.54) is 11.3 Å². The van der Waals surface area contributed by atoms with Crippen molar-refractivity contribution in [1.29, 1.82) is 0 Å². The molecule has 2 aromatic rings. The van der Waals surface area contributed by atoms with Crippen molar-refractivity contribution < 1.29 is 33.4 Å². The molecule has 0 unspecified atom stereocenters. The average molecular weight is 463 g/mol. The number of thiophene rings is 1. The second-order valence-electron chi connectivity index (χ2n) is 6.93. The van der Waals surface area contributed by atoms with Gasteiger partial charge in [0.2, 0.25) is 11.7 Å². The Morgan fingerprint density at radius 1 is 0.969 bits per heavy atom. The highest BCUT2D eigenvalue weighted by Gasteiger charge is 2.26. The van der Waals surface area contributed by atoms with E-state index in [1.807, 2.05) is 0 Å². The van der Waals surface area contributed by atoms with E-state index in [2.05, 4.69) is 10.3 Å². The summed E-state index contributed by atoms with van der Waals surface area (Å²) in [6.45, 7) is 4.61. The van der Waals surface area contributed by atoms with Crippen LogP contribution in [0.2, 0.25) is 0 Å². The number of H-pyrrole nitrogens is 1. The van der Waals surface area contributed by atoms with Gasteiger partial charge in [0.15, 0.2) is 12.4 Å². The molecular formula is C22H26N2O7S. The number of amides is 1. The normalized spacial score (nSPS) is 10.5. The molecule has 0 aliphatic heterocycles. The number of ether oxygens (including phenoxy) is 2. The highest BCUT2D eigenvalue weighted by molar-refractivity contribution is 7.12. The highest BCUT2D eigenvalue weighted by Crippen LogP contribution is 2.20. The van der Waals surface area contributed by atoms with Crippen molar-refractivity contribution in [3.63, 3.8) is 0 Å². The SMILES string of the molecule is CCOC(=O)c1c(C)[nH]c(C)c1C(=O)COC(=O)CCNC(=O)CCC(=O)c1cccs1. The van der Waals surface area contributed by atoms with Crippen molar-refractivity contribution >= 4 is 40.7 Å². The van der Waals surface area contributed by atoms with Crippen molar-refractivity contribution in [3.8, 4) is 0 Å². The van der Waals surface area contributed by atoms with Gasteiger partial charge in [-0.1, -0.05) is 6.07 Å². The Balaban J connectivity index is 1.75. The Bertz CT molecular complexity index is 992. The van der Waals surface area contributed by atoms with Crippen molar-refractivity contribution in [2.24, 2.45) is 0 Å². The Morgan fingerprint density at radius 2 is 1.69 bits per heavy atom. The van der Waals surface area contributed by atoms with Gasteiger partial charge in [0, 0.05) is 30.8 Å². The van der Waals surface area contributed by atoms with Crippen LogP contribution in [-0.4, -0.2) is 54.2 Å². The zero-order valence-electron chi connectivity index (χ0n) is 18.2. The average Bonchev–Trinajstić information content (AvgIpc) is 3.38. The topological polar surface area (TPSA) is 132 Å². The molecule has 0 bridgehead atoms. The number of nitrogens with one attached hydrogen (secondary N) is 2. The van der Waals surface area contributed by atoms with Gasteiger partial charge in [-0.15, -0.1) is 11.3 Å². The molecule has 1 amide bonds. The molecule has 9 nitrogen and oxygen atoms in total. The van der Waals surface area contributed by atoms with Gasteiger partial charge in [0.05, 0.1) is 29.0 Å². The fraction of sp³-hybridized carbons (Fsp3) is 0.409. The molecule has 0 fully saturated rings. The van der Waals surface area contributed by atoms with Gasteiger partial charge in [-0.25, -0.2) is 4.79 Å². The molecule has 2 heterocycles. The molecule has 0 aliphatic rings. The van der Waals surface area contributed by atoms with E-state index in [4.69, 9.17) is 9.47 Å². The summed E-state index contributed by atoms with van der Waals surface area (Å²) in [4.78, 5) is 63.8. The Kier molecular flexibility index (Phi) is 9.33. The smallest absolute Gasteiger partial charge is 0.340 e. The number of carbonyl (C=O) groups is 5. The first-order valence-electron chi connectivity index (χ1n) is 10.1. The van der Waals surface area contributed by atoms with Crippen LogP contribution >= 0.6 is 11.3 Å². The monoisotopic (exact) mass is 462 g/mol. The maximum absolute atomic E-state index is 12.5. The predicted molar refractivity (Wildman–Crippen MR) is 117 cm³/mol. The molecule has 0 radical (unpaired) electrons. The first-order valence-corrected chi connectivity index (χ1v) is 11.0. The van der Waals surface area contributed by atoms with E-state index in [0.717, 1.165) is 0 Å². The van der Waals surface area contributed by atoms with Crippen molar-refractivity contribution in [2.45, 2.75) is 40.0 Å². The fourth-order valence-corrected chi connectivity index (χ4v) is 3.75. The lowest BCUT2D eigenvalue weighted by Crippen LogP contribution is -2.27. The largest absolute Gasteiger partial charge is 0.462 e. The van der Waals surface area contributed by atoms with Gasteiger partial charge in [0.1, 0.15) is 0 Å². The zero-order chi connectivity index (χ0) is 23.7. The molecule has 2 rings (SSSR count). The van der Waals surface area contributed by atoms with E-state index >= 15 is 0 Å². The number of aryl methyl sites for hydroxylation is 2. The van der Waals surface area contributed by atoms with Crippen LogP contribution in [0, 0.1) is 13.8 Å². The quantitative estimate of drug-likeness (QED) is 0.366. The third-order valence-electron chi connectivity index (χ3n) is 4.52. The molecule has 2 aromatic heterocycles. The second kappa shape index (κ2) is 11.9. The van der Waals surface area contributed by atoms with Crippen LogP contribution in [-0.2, 0) is 19.1 Å². The third-order valence-corrected chi connectivity index (χ3v) is 5.43. The molecule has 0 saturated carbocycles. The van der Waals surface area contributed by atoms with Crippen LogP contribution in [0.3, 0.4) is 0 Å². The Labute approximate surface area is 189 Å². The summed E-state index contributed by atoms with van der Waals surface area (Å²) in [7, 11) is 0. The van der Waals surface area contributed by atoms with Gasteiger partial charge in [-0.2, -0.15) is 0 Å². The molecule has 0 saturated heterocycles. The number of rotatable bonds is 12. The highest BCUT2D eigenvalue weighted by atomic mass is 32.1. The molecule has 0 atom stereocenters. The van der Waals surface area contributed by atoms with E-state index < -0.39 is 24.3 Å². The first-order chi connectivity index (χ1) is 15.2. The summed E-state index contributed by atoms with van der Waals surface area (Å²) in [6, 6.07) is 3.47. The molecule has 0 aliphatic carbocycles. The van der Waals surface area contributed by atoms with Crippen molar-refractivity contribution in [1.82, 2.24) is 10.3 Å². The minimum atomic E-state index is -0.670. The minimum Gasteiger partial charge on any atom is -0.462 e. The summed E-state index contributed by atoms with van der Waals surface area (Å²) in [5.74, 6) is -2.28. The van der Waals surface area contributed by atoms with Crippen molar-refractivity contribution in [2.75, 3.05) is 19.8 Å². The third kappa shape index (κ3) is 6.88. The molecule has 0 aromatic carbocycles. The summed E-state index contributed by atoms with van der Waals surface area (Å²) < 4.78 is 9.98. The molecule has 32 heavy (non-hydrogen) atoms. The van der Waals surface area contributed by atoms with Gasteiger partial charge >= 0.3 is 11.9 Å². The fourth-order valence-electron chi connectivity index (χ4n) is 3.06. The predicted octanol–water partition coefficient (Wildman–Crippen LogP) is 2.77. The van der Waals surface area contributed by atoms with E-state index in [9.17, 15) is 24.0 Å². The lowest BCUT2D eigenvalue weighted by molar-refractivity contribution is -0.142. The standard InChI is InChI=1S/C22H26N2O7S/c1-4-30-22(29)21-14(3)24-13(2)20(21)16(26)12-31-19(28)9-10-23-18(27)8-7-15(25)17-6-5-11-32-17/h5-6,11,24H,4,7-10,12H2,1-3H3,(H,23,27). The van der Waals surface area contributed by atoms with Crippen LogP contribution in [0.4, 0.5) is 0 Å². The number of esters is 2. The van der Waals surface area contributed by atoms with Gasteiger partial charge in [0.25, 0.3) is 0 Å². The van der Waals surface area contributed by atoms with Gasteiger partial charge in [-0.05, 0) is 32.2 Å². The van der Waals surface area contributed by atoms with Crippen LogP contribution < -0.4 is 5.32 Å². The molecule has 10 heteroatoms. The number of Topliss-reactive ketones (excluding diaryl/α,β-unsaturated/α-hetero) is 2. The minimum absolute atomic E-state index is 0.0209.